The molecule has 0 saturated heterocycles. The molecule has 0 aromatic heterocycles. The molecule has 1 rings (SSSR count). The molecular weight excluding hydrogens is 304 g/mol. The fourth-order valence-corrected chi connectivity index (χ4v) is 2.63. The Bertz CT molecular complexity index is 623. The Hall–Kier alpha value is -2.10. The Labute approximate surface area is 145 Å². The van der Waals surface area contributed by atoms with E-state index in [4.69, 9.17) is 14.2 Å². The van der Waals surface area contributed by atoms with Gasteiger partial charge in [0.15, 0.2) is 11.5 Å². The van der Waals surface area contributed by atoms with Crippen molar-refractivity contribution in [2.75, 3.05) is 21.3 Å². The van der Waals surface area contributed by atoms with Crippen molar-refractivity contribution in [2.45, 2.75) is 47.0 Å². The molecule has 0 aliphatic heterocycles. The molecule has 0 fully saturated rings. The number of allylic oxidation sites excluding steroid dienone is 4. The maximum Gasteiger partial charge on any atom is 0.207 e. The summed E-state index contributed by atoms with van der Waals surface area (Å²) >= 11 is 0. The van der Waals surface area contributed by atoms with Crippen molar-refractivity contribution in [1.82, 2.24) is 0 Å². The van der Waals surface area contributed by atoms with Gasteiger partial charge in [0.25, 0.3) is 0 Å². The van der Waals surface area contributed by atoms with Crippen molar-refractivity contribution in [3.8, 4) is 23.0 Å². The highest BCUT2D eigenvalue weighted by Gasteiger charge is 2.23. The van der Waals surface area contributed by atoms with Crippen LogP contribution >= 0.6 is 0 Å². The van der Waals surface area contributed by atoms with Crippen LogP contribution in [0.25, 0.3) is 0 Å². The molecule has 24 heavy (non-hydrogen) atoms. The number of ether oxygens (including phenoxy) is 3. The molecule has 0 spiro atoms. The van der Waals surface area contributed by atoms with E-state index in [-0.39, 0.29) is 5.75 Å². The zero-order chi connectivity index (χ0) is 18.3. The van der Waals surface area contributed by atoms with Crippen LogP contribution in [0.5, 0.6) is 23.0 Å². The van der Waals surface area contributed by atoms with Crippen LogP contribution in [0, 0.1) is 6.92 Å². The number of aromatic hydroxyl groups is 1. The lowest BCUT2D eigenvalue weighted by atomic mass is 9.99. The average Bonchev–Trinajstić information content (AvgIpc) is 2.55. The summed E-state index contributed by atoms with van der Waals surface area (Å²) in [5, 5.41) is 10.4. The quantitative estimate of drug-likeness (QED) is 0.683. The minimum absolute atomic E-state index is 0.0979. The number of methoxy groups -OCH3 is 3. The SMILES string of the molecule is COc1c(O)c(C)c(C/C=C(\C)CCC=C(C)C)c(OC)c1OC. The van der Waals surface area contributed by atoms with Gasteiger partial charge in [-0.1, -0.05) is 23.3 Å². The summed E-state index contributed by atoms with van der Waals surface area (Å²) in [6.45, 7) is 8.21. The predicted octanol–water partition coefficient (Wildman–Crippen LogP) is 4.96. The number of rotatable bonds is 8. The molecule has 0 amide bonds. The van der Waals surface area contributed by atoms with E-state index >= 15 is 0 Å². The van der Waals surface area contributed by atoms with Gasteiger partial charge < -0.3 is 19.3 Å². The van der Waals surface area contributed by atoms with E-state index < -0.39 is 0 Å². The van der Waals surface area contributed by atoms with Gasteiger partial charge >= 0.3 is 0 Å². The first kappa shape index (κ1) is 19.9. The van der Waals surface area contributed by atoms with E-state index in [9.17, 15) is 5.11 Å². The van der Waals surface area contributed by atoms with Crippen LogP contribution in [0.3, 0.4) is 0 Å². The van der Waals surface area contributed by atoms with Gasteiger partial charge in [-0.15, -0.1) is 0 Å². The fourth-order valence-electron chi connectivity index (χ4n) is 2.63. The van der Waals surface area contributed by atoms with Gasteiger partial charge in [-0.2, -0.15) is 0 Å². The highest BCUT2D eigenvalue weighted by atomic mass is 16.5. The Morgan fingerprint density at radius 3 is 2.00 bits per heavy atom. The fraction of sp³-hybridized carbons (Fsp3) is 0.500. The van der Waals surface area contributed by atoms with Crippen LogP contribution in [-0.4, -0.2) is 26.4 Å². The molecule has 0 aliphatic carbocycles. The maximum absolute atomic E-state index is 10.4. The van der Waals surface area contributed by atoms with Crippen molar-refractivity contribution in [2.24, 2.45) is 0 Å². The molecule has 0 atom stereocenters. The van der Waals surface area contributed by atoms with Gasteiger partial charge in [0.05, 0.1) is 21.3 Å². The Morgan fingerprint density at radius 2 is 1.50 bits per heavy atom. The smallest absolute Gasteiger partial charge is 0.207 e. The Kier molecular flexibility index (Phi) is 7.69. The summed E-state index contributed by atoms with van der Waals surface area (Å²) in [4.78, 5) is 0. The van der Waals surface area contributed by atoms with Crippen LogP contribution in [0.2, 0.25) is 0 Å². The van der Waals surface area contributed by atoms with Gasteiger partial charge in [0.1, 0.15) is 0 Å². The molecule has 0 unspecified atom stereocenters. The van der Waals surface area contributed by atoms with Gasteiger partial charge in [-0.05, 0) is 47.0 Å². The van der Waals surface area contributed by atoms with Crippen LogP contribution < -0.4 is 14.2 Å². The Morgan fingerprint density at radius 1 is 0.917 bits per heavy atom. The van der Waals surface area contributed by atoms with Gasteiger partial charge in [0, 0.05) is 11.1 Å². The van der Waals surface area contributed by atoms with E-state index in [1.807, 2.05) is 6.92 Å². The van der Waals surface area contributed by atoms with Crippen molar-refractivity contribution < 1.29 is 19.3 Å². The summed E-state index contributed by atoms with van der Waals surface area (Å²) in [6.07, 6.45) is 7.15. The standard InChI is InChI=1S/C20H30O4/c1-13(2)9-8-10-14(3)11-12-16-15(4)17(21)19(23-6)20(24-7)18(16)22-5/h9,11,21H,8,10,12H2,1-7H3/b14-11+. The lowest BCUT2D eigenvalue weighted by Gasteiger charge is -2.19. The largest absolute Gasteiger partial charge is 0.504 e. The normalized spacial score (nSPS) is 11.2. The molecule has 1 aromatic rings. The molecule has 0 aliphatic rings. The molecule has 4 heteroatoms. The minimum Gasteiger partial charge on any atom is -0.504 e. The van der Waals surface area contributed by atoms with Crippen LogP contribution in [0.1, 0.15) is 44.7 Å². The first-order valence-electron chi connectivity index (χ1n) is 8.16. The number of phenols is 1. The third-order valence-corrected chi connectivity index (χ3v) is 4.07. The molecule has 1 N–H and O–H groups in total. The van der Waals surface area contributed by atoms with E-state index in [0.29, 0.717) is 23.7 Å². The van der Waals surface area contributed by atoms with E-state index in [2.05, 4.69) is 32.9 Å². The van der Waals surface area contributed by atoms with E-state index in [1.54, 1.807) is 14.2 Å². The van der Waals surface area contributed by atoms with Gasteiger partial charge in [-0.25, -0.2) is 0 Å². The second-order valence-electron chi connectivity index (χ2n) is 6.13. The summed E-state index contributed by atoms with van der Waals surface area (Å²) in [5.74, 6) is 1.44. The lowest BCUT2D eigenvalue weighted by Crippen LogP contribution is -2.02. The highest BCUT2D eigenvalue weighted by molar-refractivity contribution is 5.66. The molecule has 0 saturated carbocycles. The third kappa shape index (κ3) is 4.70. The van der Waals surface area contributed by atoms with Gasteiger partial charge in [0.2, 0.25) is 11.5 Å². The van der Waals surface area contributed by atoms with Crippen LogP contribution in [-0.2, 0) is 6.42 Å². The average molecular weight is 334 g/mol. The lowest BCUT2D eigenvalue weighted by molar-refractivity contribution is 0.307. The first-order chi connectivity index (χ1) is 11.4. The molecule has 0 radical (unpaired) electrons. The van der Waals surface area contributed by atoms with Crippen molar-refractivity contribution in [3.63, 3.8) is 0 Å². The zero-order valence-corrected chi connectivity index (χ0v) is 15.9. The van der Waals surface area contributed by atoms with Gasteiger partial charge in [-0.3, -0.25) is 0 Å². The molecule has 0 bridgehead atoms. The zero-order valence-electron chi connectivity index (χ0n) is 15.9. The number of phenolic OH excluding ortho intramolecular Hbond substituents is 1. The first-order valence-corrected chi connectivity index (χ1v) is 8.16. The van der Waals surface area contributed by atoms with Crippen LogP contribution in [0.15, 0.2) is 23.3 Å². The maximum atomic E-state index is 10.4. The summed E-state index contributed by atoms with van der Waals surface area (Å²) in [6, 6.07) is 0. The summed E-state index contributed by atoms with van der Waals surface area (Å²) in [7, 11) is 4.64. The molecule has 1 aromatic carbocycles. The third-order valence-electron chi connectivity index (χ3n) is 4.07. The molecule has 0 heterocycles. The summed E-state index contributed by atoms with van der Waals surface area (Å²) < 4.78 is 16.2. The number of hydrogen-bond acceptors (Lipinski definition) is 4. The summed E-state index contributed by atoms with van der Waals surface area (Å²) in [5.41, 5.74) is 4.31. The van der Waals surface area contributed by atoms with E-state index in [1.165, 1.54) is 18.3 Å². The minimum atomic E-state index is 0.0979. The van der Waals surface area contributed by atoms with E-state index in [0.717, 1.165) is 24.0 Å². The molecule has 4 nitrogen and oxygen atoms in total. The molecule has 134 valence electrons. The van der Waals surface area contributed by atoms with Crippen molar-refractivity contribution in [1.29, 1.82) is 0 Å². The van der Waals surface area contributed by atoms with Crippen molar-refractivity contribution in [3.05, 3.63) is 34.4 Å². The second-order valence-corrected chi connectivity index (χ2v) is 6.13. The highest BCUT2D eigenvalue weighted by Crippen LogP contribution is 2.48. The number of hydrogen-bond donors (Lipinski definition) is 1. The van der Waals surface area contributed by atoms with Crippen molar-refractivity contribution >= 4 is 0 Å². The molecular formula is C20H30O4. The Balaban J connectivity index is 3.15. The topological polar surface area (TPSA) is 47.9 Å². The number of benzene rings is 1. The predicted molar refractivity (Wildman–Crippen MR) is 98.6 cm³/mol. The van der Waals surface area contributed by atoms with Crippen LogP contribution in [0.4, 0.5) is 0 Å². The second kappa shape index (κ2) is 9.26. The monoisotopic (exact) mass is 334 g/mol.